The minimum Gasteiger partial charge on any atom is -0.456 e. The normalized spacial score (nSPS) is 26.3. The van der Waals surface area contributed by atoms with E-state index in [9.17, 15) is 14.4 Å². The Bertz CT molecular complexity index is 594. The summed E-state index contributed by atoms with van der Waals surface area (Å²) in [5.74, 6) is -1.78. The molecule has 1 N–H and O–H groups in total. The molecule has 132 valence electrons. The number of ether oxygens (including phenoxy) is 4. The predicted octanol–water partition coefficient (Wildman–Crippen LogP) is 0.101. The summed E-state index contributed by atoms with van der Waals surface area (Å²) in [6, 6.07) is 0. The van der Waals surface area contributed by atoms with Crippen molar-refractivity contribution >= 4 is 34.4 Å². The summed E-state index contributed by atoms with van der Waals surface area (Å²) in [5, 5.41) is 10.8. The highest BCUT2D eigenvalue weighted by Gasteiger charge is 2.47. The van der Waals surface area contributed by atoms with Gasteiger partial charge in [-0.1, -0.05) is 11.3 Å². The van der Waals surface area contributed by atoms with Crippen molar-refractivity contribution in [3.63, 3.8) is 0 Å². The van der Waals surface area contributed by atoms with Crippen molar-refractivity contribution in [2.45, 2.75) is 45.3 Å². The summed E-state index contributed by atoms with van der Waals surface area (Å²) in [4.78, 5) is 34.1. The molecule has 4 atom stereocenters. The van der Waals surface area contributed by atoms with Crippen LogP contribution in [0.25, 0.3) is 0 Å². The van der Waals surface area contributed by atoms with E-state index in [1.807, 2.05) is 0 Å². The highest BCUT2D eigenvalue weighted by molar-refractivity contribution is 7.13. The van der Waals surface area contributed by atoms with Crippen molar-refractivity contribution < 1.29 is 33.3 Å². The van der Waals surface area contributed by atoms with E-state index in [0.29, 0.717) is 5.13 Å². The average molecular weight is 359 g/mol. The monoisotopic (exact) mass is 359 g/mol. The standard InChI is InChI=1S/C13H17N3O7S/c1-6(17)21-9-4-20-12(15-13-16-14-5-24-13)11(23-8(3)19)10(9)22-7(2)18/h5,9-12H,4H2,1-3H3,(H,15,16)/t9-,10-,11+,12+/m0/s1. The van der Waals surface area contributed by atoms with Crippen LogP contribution >= 0.6 is 11.3 Å². The van der Waals surface area contributed by atoms with Crippen molar-refractivity contribution in [1.82, 2.24) is 10.2 Å². The Labute approximate surface area is 141 Å². The van der Waals surface area contributed by atoms with E-state index in [4.69, 9.17) is 18.9 Å². The summed E-state index contributed by atoms with van der Waals surface area (Å²) in [7, 11) is 0. The Hall–Kier alpha value is -2.27. The Morgan fingerprint density at radius 3 is 2.29 bits per heavy atom. The second-order valence-electron chi connectivity index (χ2n) is 4.94. The molecule has 11 heteroatoms. The van der Waals surface area contributed by atoms with Gasteiger partial charge in [-0.05, 0) is 0 Å². The molecule has 0 aliphatic carbocycles. The zero-order chi connectivity index (χ0) is 17.7. The van der Waals surface area contributed by atoms with Gasteiger partial charge < -0.3 is 24.3 Å². The highest BCUT2D eigenvalue weighted by Crippen LogP contribution is 2.26. The molecule has 2 rings (SSSR count). The van der Waals surface area contributed by atoms with Gasteiger partial charge in [0.1, 0.15) is 5.51 Å². The average Bonchev–Trinajstić information content (AvgIpc) is 2.96. The van der Waals surface area contributed by atoms with E-state index in [-0.39, 0.29) is 6.61 Å². The van der Waals surface area contributed by atoms with Gasteiger partial charge in [0.25, 0.3) is 0 Å². The summed E-state index contributed by atoms with van der Waals surface area (Å²) >= 11 is 1.22. The Morgan fingerprint density at radius 2 is 1.75 bits per heavy atom. The first-order valence-corrected chi connectivity index (χ1v) is 7.90. The van der Waals surface area contributed by atoms with Gasteiger partial charge in [0.15, 0.2) is 24.5 Å². The third-order valence-corrected chi connectivity index (χ3v) is 3.60. The van der Waals surface area contributed by atoms with E-state index in [1.54, 1.807) is 0 Å². The second kappa shape index (κ2) is 8.02. The lowest BCUT2D eigenvalue weighted by Gasteiger charge is -2.40. The van der Waals surface area contributed by atoms with Crippen LogP contribution in [0.5, 0.6) is 0 Å². The quantitative estimate of drug-likeness (QED) is 0.571. The molecular weight excluding hydrogens is 342 g/mol. The number of aromatic nitrogens is 2. The molecule has 0 aromatic carbocycles. The van der Waals surface area contributed by atoms with Gasteiger partial charge in [-0.2, -0.15) is 0 Å². The van der Waals surface area contributed by atoms with E-state index in [2.05, 4.69) is 15.5 Å². The van der Waals surface area contributed by atoms with E-state index in [0.717, 1.165) is 0 Å². The van der Waals surface area contributed by atoms with E-state index >= 15 is 0 Å². The molecule has 10 nitrogen and oxygen atoms in total. The van der Waals surface area contributed by atoms with Crippen LogP contribution in [0.4, 0.5) is 5.13 Å². The number of anilines is 1. The van der Waals surface area contributed by atoms with Crippen LogP contribution < -0.4 is 5.32 Å². The number of carbonyl (C=O) groups excluding carboxylic acids is 3. The van der Waals surface area contributed by atoms with Crippen LogP contribution in [0.15, 0.2) is 5.51 Å². The fourth-order valence-corrected chi connectivity index (χ4v) is 2.70. The number of hydrogen-bond acceptors (Lipinski definition) is 11. The molecule has 1 saturated heterocycles. The lowest BCUT2D eigenvalue weighted by molar-refractivity contribution is -0.221. The molecule has 0 unspecified atom stereocenters. The van der Waals surface area contributed by atoms with Crippen molar-refractivity contribution in [3.8, 4) is 0 Å². The molecule has 0 spiro atoms. The summed E-state index contributed by atoms with van der Waals surface area (Å²) in [5.41, 5.74) is 1.51. The van der Waals surface area contributed by atoms with Gasteiger partial charge in [-0.3, -0.25) is 14.4 Å². The molecule has 1 aliphatic rings. The van der Waals surface area contributed by atoms with Crippen molar-refractivity contribution in [2.75, 3.05) is 11.9 Å². The summed E-state index contributed by atoms with van der Waals surface area (Å²) in [6.07, 6.45) is -3.80. The topological polar surface area (TPSA) is 126 Å². The fraction of sp³-hybridized carbons (Fsp3) is 0.615. The minimum atomic E-state index is -1.03. The lowest BCUT2D eigenvalue weighted by Crippen LogP contribution is -2.59. The summed E-state index contributed by atoms with van der Waals surface area (Å²) < 4.78 is 21.1. The van der Waals surface area contributed by atoms with E-state index in [1.165, 1.54) is 37.6 Å². The van der Waals surface area contributed by atoms with Gasteiger partial charge in [-0.25, -0.2) is 0 Å². The predicted molar refractivity (Wildman–Crippen MR) is 79.9 cm³/mol. The van der Waals surface area contributed by atoms with Crippen LogP contribution in [-0.4, -0.2) is 59.3 Å². The SMILES string of the molecule is CC(=O)O[C@@H]1[C@@H](OC(C)=O)[C@H](Nc2nncs2)OC[C@@H]1OC(C)=O. The number of esters is 3. The molecule has 24 heavy (non-hydrogen) atoms. The Balaban J connectivity index is 2.23. The second-order valence-corrected chi connectivity index (χ2v) is 5.77. The highest BCUT2D eigenvalue weighted by atomic mass is 32.1. The van der Waals surface area contributed by atoms with Crippen molar-refractivity contribution in [1.29, 1.82) is 0 Å². The van der Waals surface area contributed by atoms with Crippen molar-refractivity contribution in [3.05, 3.63) is 5.51 Å². The number of carbonyl (C=O) groups is 3. The molecule has 1 aliphatic heterocycles. The van der Waals surface area contributed by atoms with E-state index < -0.39 is 42.4 Å². The van der Waals surface area contributed by atoms with Gasteiger partial charge in [0.05, 0.1) is 6.61 Å². The largest absolute Gasteiger partial charge is 0.456 e. The molecule has 2 heterocycles. The van der Waals surface area contributed by atoms with Gasteiger partial charge in [0.2, 0.25) is 5.13 Å². The smallest absolute Gasteiger partial charge is 0.303 e. The molecule has 0 radical (unpaired) electrons. The Morgan fingerprint density at radius 1 is 1.12 bits per heavy atom. The third kappa shape index (κ3) is 4.86. The van der Waals surface area contributed by atoms with Crippen molar-refractivity contribution in [2.24, 2.45) is 0 Å². The zero-order valence-corrected chi connectivity index (χ0v) is 14.1. The van der Waals surface area contributed by atoms with Crippen LogP contribution in [0.3, 0.4) is 0 Å². The number of nitrogens with zero attached hydrogens (tertiary/aromatic N) is 2. The van der Waals surface area contributed by atoms with Crippen LogP contribution in [-0.2, 0) is 33.3 Å². The van der Waals surface area contributed by atoms with Crippen LogP contribution in [0.1, 0.15) is 20.8 Å². The van der Waals surface area contributed by atoms with Gasteiger partial charge in [0, 0.05) is 20.8 Å². The maximum atomic E-state index is 11.4. The Kier molecular flexibility index (Phi) is 6.04. The minimum absolute atomic E-state index is 0.0498. The first-order chi connectivity index (χ1) is 11.4. The molecule has 0 bridgehead atoms. The third-order valence-electron chi connectivity index (χ3n) is 2.98. The molecule has 0 saturated carbocycles. The molecule has 0 amide bonds. The molecule has 1 aromatic heterocycles. The maximum Gasteiger partial charge on any atom is 0.303 e. The maximum absolute atomic E-state index is 11.4. The fourth-order valence-electron chi connectivity index (χ4n) is 2.22. The van der Waals surface area contributed by atoms with Gasteiger partial charge in [-0.15, -0.1) is 10.2 Å². The molecule has 1 fully saturated rings. The number of nitrogens with one attached hydrogen (secondary N) is 1. The number of rotatable bonds is 5. The number of hydrogen-bond donors (Lipinski definition) is 1. The molecular formula is C13H17N3O7S. The van der Waals surface area contributed by atoms with Gasteiger partial charge >= 0.3 is 17.9 Å². The van der Waals surface area contributed by atoms with Crippen LogP contribution in [0, 0.1) is 0 Å². The van der Waals surface area contributed by atoms with Crippen LogP contribution in [0.2, 0.25) is 0 Å². The first kappa shape index (κ1) is 18.1. The lowest BCUT2D eigenvalue weighted by atomic mass is 10.0. The zero-order valence-electron chi connectivity index (χ0n) is 13.3. The molecule has 1 aromatic rings. The summed E-state index contributed by atoms with van der Waals surface area (Å²) in [6.45, 7) is 3.59. The first-order valence-electron chi connectivity index (χ1n) is 7.02.